The molecule has 19 heavy (non-hydrogen) atoms. The van der Waals surface area contributed by atoms with E-state index in [1.165, 1.54) is 0 Å². The molecule has 98 valence electrons. The van der Waals surface area contributed by atoms with E-state index in [1.807, 2.05) is 30.3 Å². The molecule has 0 spiro atoms. The van der Waals surface area contributed by atoms with E-state index in [9.17, 15) is 4.79 Å². The van der Waals surface area contributed by atoms with Crippen molar-refractivity contribution in [3.63, 3.8) is 0 Å². The highest BCUT2D eigenvalue weighted by molar-refractivity contribution is 5.84. The first-order valence-corrected chi connectivity index (χ1v) is 5.89. The molecule has 1 aromatic heterocycles. The number of benzene rings is 1. The summed E-state index contributed by atoms with van der Waals surface area (Å²) in [5.41, 5.74) is 7.86. The lowest BCUT2D eigenvalue weighted by Crippen LogP contribution is -2.14. The van der Waals surface area contributed by atoms with Crippen molar-refractivity contribution >= 4 is 11.8 Å². The van der Waals surface area contributed by atoms with Crippen LogP contribution in [-0.4, -0.2) is 11.1 Å². The van der Waals surface area contributed by atoms with Crippen LogP contribution >= 0.6 is 0 Å². The van der Waals surface area contributed by atoms with E-state index in [4.69, 9.17) is 10.5 Å². The molecule has 5 nitrogen and oxygen atoms in total. The molecule has 0 aliphatic heterocycles. The Labute approximate surface area is 111 Å². The summed E-state index contributed by atoms with van der Waals surface area (Å²) in [5.74, 6) is 0. The van der Waals surface area contributed by atoms with Gasteiger partial charge in [-0.3, -0.25) is 10.3 Å². The molecule has 0 saturated carbocycles. The number of carbonyl (C=O) groups excluding carboxylic acids is 1. The van der Waals surface area contributed by atoms with Gasteiger partial charge in [0.2, 0.25) is 0 Å². The number of nitrogens with zero attached hydrogens (tertiary/aromatic N) is 1. The Balaban J connectivity index is 1.87. The predicted octanol–water partition coefficient (Wildman–Crippen LogP) is 2.29. The maximum Gasteiger partial charge on any atom is 0.412 e. The standard InChI is InChI=1S/C14H15N3O2/c15-7-12-6-13(9-16-8-12)17-14(18)19-10-11-4-2-1-3-5-11/h1-6,8-9H,7,10,15H2,(H,17,18). The molecule has 2 aromatic rings. The second-order valence-electron chi connectivity index (χ2n) is 3.97. The fourth-order valence-electron chi connectivity index (χ4n) is 1.54. The summed E-state index contributed by atoms with van der Waals surface area (Å²) in [5, 5.41) is 2.61. The SMILES string of the molecule is NCc1cncc(NC(=O)OCc2ccccc2)c1. The van der Waals surface area contributed by atoms with Crippen molar-refractivity contribution in [3.8, 4) is 0 Å². The van der Waals surface area contributed by atoms with Crippen LogP contribution in [0.25, 0.3) is 0 Å². The van der Waals surface area contributed by atoms with Crippen molar-refractivity contribution in [3.05, 3.63) is 59.9 Å². The molecule has 1 aromatic carbocycles. The molecule has 3 N–H and O–H groups in total. The summed E-state index contributed by atoms with van der Waals surface area (Å²) >= 11 is 0. The first-order chi connectivity index (χ1) is 9.28. The average Bonchev–Trinajstić information content (AvgIpc) is 2.46. The van der Waals surface area contributed by atoms with Crippen LogP contribution in [-0.2, 0) is 17.9 Å². The molecule has 0 bridgehead atoms. The number of anilines is 1. The third-order valence-corrected chi connectivity index (χ3v) is 2.49. The number of rotatable bonds is 4. The summed E-state index contributed by atoms with van der Waals surface area (Å²) in [4.78, 5) is 15.6. The van der Waals surface area contributed by atoms with Gasteiger partial charge in [0.25, 0.3) is 0 Å². The Kier molecular flexibility index (Phi) is 4.47. The Bertz CT molecular complexity index is 543. The minimum Gasteiger partial charge on any atom is -0.444 e. The van der Waals surface area contributed by atoms with Crippen LogP contribution in [0.4, 0.5) is 10.5 Å². The third kappa shape index (κ3) is 4.08. The van der Waals surface area contributed by atoms with Crippen molar-refractivity contribution < 1.29 is 9.53 Å². The van der Waals surface area contributed by atoms with Crippen LogP contribution in [0.15, 0.2) is 48.8 Å². The summed E-state index contributed by atoms with van der Waals surface area (Å²) < 4.78 is 5.10. The largest absolute Gasteiger partial charge is 0.444 e. The number of carbonyl (C=O) groups is 1. The van der Waals surface area contributed by atoms with Gasteiger partial charge < -0.3 is 10.5 Å². The number of nitrogens with two attached hydrogens (primary N) is 1. The van der Waals surface area contributed by atoms with Crippen LogP contribution in [0.1, 0.15) is 11.1 Å². The van der Waals surface area contributed by atoms with Crippen molar-refractivity contribution in [2.75, 3.05) is 5.32 Å². The zero-order valence-corrected chi connectivity index (χ0v) is 10.4. The molecule has 0 atom stereocenters. The van der Waals surface area contributed by atoms with Gasteiger partial charge in [0.1, 0.15) is 6.61 Å². The smallest absolute Gasteiger partial charge is 0.412 e. The van der Waals surface area contributed by atoms with Gasteiger partial charge in [0.15, 0.2) is 0 Å². The van der Waals surface area contributed by atoms with E-state index in [-0.39, 0.29) is 6.61 Å². The Morgan fingerprint density at radius 2 is 2.00 bits per heavy atom. The number of hydrogen-bond donors (Lipinski definition) is 2. The molecular formula is C14H15N3O2. The van der Waals surface area contributed by atoms with Gasteiger partial charge in [-0.1, -0.05) is 30.3 Å². The zero-order chi connectivity index (χ0) is 13.5. The quantitative estimate of drug-likeness (QED) is 0.881. The van der Waals surface area contributed by atoms with Crippen LogP contribution in [0.2, 0.25) is 0 Å². The first-order valence-electron chi connectivity index (χ1n) is 5.89. The number of amides is 1. The molecule has 0 aliphatic carbocycles. The Hall–Kier alpha value is -2.40. The molecule has 0 fully saturated rings. The number of hydrogen-bond acceptors (Lipinski definition) is 4. The molecule has 0 unspecified atom stereocenters. The summed E-state index contributed by atoms with van der Waals surface area (Å²) in [6.07, 6.45) is 2.68. The van der Waals surface area contributed by atoms with Crippen molar-refractivity contribution in [1.82, 2.24) is 4.98 Å². The van der Waals surface area contributed by atoms with Gasteiger partial charge in [0, 0.05) is 12.7 Å². The monoisotopic (exact) mass is 257 g/mol. The van der Waals surface area contributed by atoms with Gasteiger partial charge in [-0.25, -0.2) is 4.79 Å². The summed E-state index contributed by atoms with van der Waals surface area (Å²) in [6.45, 7) is 0.609. The highest BCUT2D eigenvalue weighted by atomic mass is 16.5. The second kappa shape index (κ2) is 6.51. The maximum atomic E-state index is 11.6. The lowest BCUT2D eigenvalue weighted by molar-refractivity contribution is 0.155. The average molecular weight is 257 g/mol. The van der Waals surface area contributed by atoms with Gasteiger partial charge >= 0.3 is 6.09 Å². The van der Waals surface area contributed by atoms with Crippen LogP contribution in [0.3, 0.4) is 0 Å². The van der Waals surface area contributed by atoms with Crippen LogP contribution in [0.5, 0.6) is 0 Å². The van der Waals surface area contributed by atoms with Crippen molar-refractivity contribution in [1.29, 1.82) is 0 Å². The summed E-state index contributed by atoms with van der Waals surface area (Å²) in [7, 11) is 0. The molecule has 0 saturated heterocycles. The lowest BCUT2D eigenvalue weighted by atomic mass is 10.2. The van der Waals surface area contributed by atoms with E-state index in [0.29, 0.717) is 12.2 Å². The topological polar surface area (TPSA) is 77.2 Å². The highest BCUT2D eigenvalue weighted by Gasteiger charge is 2.04. The zero-order valence-electron chi connectivity index (χ0n) is 10.4. The minimum atomic E-state index is -0.514. The molecule has 5 heteroatoms. The van der Waals surface area contributed by atoms with Crippen LogP contribution in [0, 0.1) is 0 Å². The van der Waals surface area contributed by atoms with E-state index >= 15 is 0 Å². The Morgan fingerprint density at radius 1 is 1.21 bits per heavy atom. The summed E-state index contributed by atoms with van der Waals surface area (Å²) in [6, 6.07) is 11.2. The first kappa shape index (κ1) is 13.0. The molecule has 0 radical (unpaired) electrons. The lowest BCUT2D eigenvalue weighted by Gasteiger charge is -2.07. The van der Waals surface area contributed by atoms with Gasteiger partial charge in [-0.05, 0) is 17.2 Å². The minimum absolute atomic E-state index is 0.233. The van der Waals surface area contributed by atoms with E-state index in [0.717, 1.165) is 11.1 Å². The van der Waals surface area contributed by atoms with E-state index in [2.05, 4.69) is 10.3 Å². The fourth-order valence-corrected chi connectivity index (χ4v) is 1.54. The number of aromatic nitrogens is 1. The van der Waals surface area contributed by atoms with E-state index < -0.39 is 6.09 Å². The molecule has 1 amide bonds. The van der Waals surface area contributed by atoms with Crippen molar-refractivity contribution in [2.45, 2.75) is 13.2 Å². The molecule has 2 rings (SSSR count). The van der Waals surface area contributed by atoms with Gasteiger partial charge in [-0.15, -0.1) is 0 Å². The number of pyridine rings is 1. The normalized spacial score (nSPS) is 9.95. The molecular weight excluding hydrogens is 242 g/mol. The highest BCUT2D eigenvalue weighted by Crippen LogP contribution is 2.09. The van der Waals surface area contributed by atoms with Crippen molar-refractivity contribution in [2.24, 2.45) is 5.73 Å². The maximum absolute atomic E-state index is 11.6. The second-order valence-corrected chi connectivity index (χ2v) is 3.97. The Morgan fingerprint density at radius 3 is 2.74 bits per heavy atom. The van der Waals surface area contributed by atoms with Crippen LogP contribution < -0.4 is 11.1 Å². The molecule has 0 aliphatic rings. The third-order valence-electron chi connectivity index (χ3n) is 2.49. The van der Waals surface area contributed by atoms with Gasteiger partial charge in [0.05, 0.1) is 11.9 Å². The number of nitrogens with one attached hydrogen (secondary N) is 1. The predicted molar refractivity (Wildman–Crippen MR) is 72.4 cm³/mol. The fraction of sp³-hybridized carbons (Fsp3) is 0.143. The van der Waals surface area contributed by atoms with Gasteiger partial charge in [-0.2, -0.15) is 0 Å². The van der Waals surface area contributed by atoms with E-state index in [1.54, 1.807) is 18.5 Å². The number of ether oxygens (including phenoxy) is 1. The molecule has 1 heterocycles.